The predicted octanol–water partition coefficient (Wildman–Crippen LogP) is 3.69. The summed E-state index contributed by atoms with van der Waals surface area (Å²) >= 11 is 2.95. The molecule has 0 saturated heterocycles. The number of ether oxygens (including phenoxy) is 1. The van der Waals surface area contributed by atoms with Gasteiger partial charge in [-0.05, 0) is 48.8 Å². The summed E-state index contributed by atoms with van der Waals surface area (Å²) in [5.41, 5.74) is -1.20. The molecule has 2 aromatic rings. The van der Waals surface area contributed by atoms with Crippen molar-refractivity contribution in [1.29, 1.82) is 0 Å². The summed E-state index contributed by atoms with van der Waals surface area (Å²) in [7, 11) is 0. The van der Waals surface area contributed by atoms with Gasteiger partial charge < -0.3 is 19.9 Å². The maximum absolute atomic E-state index is 13.5. The monoisotopic (exact) mass is 440 g/mol. The van der Waals surface area contributed by atoms with Crippen molar-refractivity contribution >= 4 is 27.6 Å². The van der Waals surface area contributed by atoms with Gasteiger partial charge in [-0.3, -0.25) is 4.79 Å². The van der Waals surface area contributed by atoms with Gasteiger partial charge in [0.05, 0.1) is 10.0 Å². The van der Waals surface area contributed by atoms with Crippen LogP contribution in [0.5, 0.6) is 11.5 Å². The Hall–Kier alpha value is -2.68. The minimum Gasteiger partial charge on any atom is -0.618 e. The van der Waals surface area contributed by atoms with Gasteiger partial charge in [-0.2, -0.15) is 4.73 Å². The lowest BCUT2D eigenvalue weighted by atomic mass is 10.1. The minimum atomic E-state index is -0.844. The molecule has 0 spiro atoms. The molecule has 0 unspecified atom stereocenters. The zero-order valence-electron chi connectivity index (χ0n) is 15.1. The summed E-state index contributed by atoms with van der Waals surface area (Å²) in [5, 5.41) is 25.9. The molecule has 0 amide bonds. The van der Waals surface area contributed by atoms with Crippen LogP contribution in [-0.4, -0.2) is 22.4 Å². The highest BCUT2D eigenvalue weighted by atomic mass is 79.9. The van der Waals surface area contributed by atoms with E-state index in [9.17, 15) is 19.5 Å². The lowest BCUT2D eigenvalue weighted by Gasteiger charge is -2.16. The zero-order valence-corrected chi connectivity index (χ0v) is 16.7. The molecule has 0 bridgehead atoms. The molecule has 1 N–H and O–H groups in total. The Balaban J connectivity index is 2.44. The molecule has 0 atom stereocenters. The third-order valence-corrected chi connectivity index (χ3v) is 3.73. The number of ketones is 1. The van der Waals surface area contributed by atoms with Crippen LogP contribution in [0, 0.1) is 11.0 Å². The number of benzene rings is 1. The first-order valence-corrected chi connectivity index (χ1v) is 8.64. The van der Waals surface area contributed by atoms with Crippen LogP contribution in [0.3, 0.4) is 0 Å². The van der Waals surface area contributed by atoms with Crippen LogP contribution in [-0.2, 0) is 4.84 Å². The lowest BCUT2D eigenvalue weighted by Crippen LogP contribution is -2.35. The van der Waals surface area contributed by atoms with Crippen LogP contribution >= 0.6 is 15.9 Å². The molecule has 0 aliphatic rings. The minimum absolute atomic E-state index is 0.0316. The first-order valence-electron chi connectivity index (χ1n) is 7.85. The Morgan fingerprint density at radius 2 is 2.04 bits per heavy atom. The van der Waals surface area contributed by atoms with E-state index in [0.717, 1.165) is 18.3 Å². The van der Waals surface area contributed by atoms with E-state index in [1.54, 1.807) is 20.8 Å². The smallest absolute Gasteiger partial charge is 0.308 e. The van der Waals surface area contributed by atoms with Crippen molar-refractivity contribution in [2.45, 2.75) is 33.3 Å². The molecule has 0 radical (unpaired) electrons. The highest BCUT2D eigenvalue weighted by Gasteiger charge is 2.28. The van der Waals surface area contributed by atoms with E-state index in [1.807, 2.05) is 0 Å². The number of halogens is 2. The normalized spacial score (nSPS) is 12.0. The maximum atomic E-state index is 13.5. The van der Waals surface area contributed by atoms with Crippen LogP contribution in [0.1, 0.15) is 43.7 Å². The zero-order chi connectivity index (χ0) is 20.4. The van der Waals surface area contributed by atoms with Gasteiger partial charge >= 0.3 is 5.69 Å². The number of nitrogens with zero attached hydrogens (tertiary/aromatic N) is 2. The van der Waals surface area contributed by atoms with E-state index in [0.29, 0.717) is 4.73 Å². The van der Waals surface area contributed by atoms with E-state index in [1.165, 1.54) is 19.1 Å². The molecule has 0 fully saturated rings. The highest BCUT2D eigenvalue weighted by Crippen LogP contribution is 2.29. The highest BCUT2D eigenvalue weighted by molar-refractivity contribution is 9.10. The molecular weight excluding hydrogens is 423 g/mol. The molecule has 0 aliphatic heterocycles. The van der Waals surface area contributed by atoms with Crippen LogP contribution < -0.4 is 9.47 Å². The van der Waals surface area contributed by atoms with Crippen molar-refractivity contribution in [1.82, 2.24) is 0 Å². The summed E-state index contributed by atoms with van der Waals surface area (Å²) in [6.07, 6.45) is 1.10. The number of pyridine rings is 1. The number of hydrogen-bond donors (Lipinski definition) is 1. The van der Waals surface area contributed by atoms with Gasteiger partial charge in [-0.15, -0.1) is 0 Å². The number of hydrogen-bond acceptors (Lipinski definition) is 6. The second-order valence-corrected chi connectivity index (χ2v) is 7.43. The summed E-state index contributed by atoms with van der Waals surface area (Å²) in [5.74, 6) is -2.21. The largest absolute Gasteiger partial charge is 0.618 e. The maximum Gasteiger partial charge on any atom is 0.308 e. The Kier molecular flexibility index (Phi) is 6.04. The molecule has 0 saturated carbocycles. The molecule has 1 aromatic carbocycles. The second-order valence-electron chi connectivity index (χ2n) is 6.58. The Morgan fingerprint density at radius 3 is 2.67 bits per heavy atom. The van der Waals surface area contributed by atoms with Crippen molar-refractivity contribution in [3.8, 4) is 11.5 Å². The first kappa shape index (κ1) is 20.6. The lowest BCUT2D eigenvalue weighted by molar-refractivity contribution is -0.607. The third-order valence-electron chi connectivity index (χ3n) is 3.13. The van der Waals surface area contributed by atoms with Crippen LogP contribution in [0.25, 0.3) is 0 Å². The quantitative estimate of drug-likeness (QED) is 0.195. The van der Waals surface area contributed by atoms with E-state index in [4.69, 9.17) is 9.57 Å². The van der Waals surface area contributed by atoms with Crippen molar-refractivity contribution < 1.29 is 28.6 Å². The summed E-state index contributed by atoms with van der Waals surface area (Å²) in [6.45, 7) is 6.88. The Bertz CT molecular complexity index is 909. The van der Waals surface area contributed by atoms with Gasteiger partial charge in [0.2, 0.25) is 11.6 Å². The summed E-state index contributed by atoms with van der Waals surface area (Å²) in [6, 6.07) is 4.65. The average Bonchev–Trinajstić information content (AvgIpc) is 2.55. The number of aromatic hydroxyl groups is 1. The average molecular weight is 441 g/mol. The topological polar surface area (TPSA) is 95.1 Å². The van der Waals surface area contributed by atoms with Crippen LogP contribution in [0.15, 0.2) is 40.1 Å². The van der Waals surface area contributed by atoms with Crippen molar-refractivity contribution in [2.24, 2.45) is 5.16 Å². The van der Waals surface area contributed by atoms with E-state index in [-0.39, 0.29) is 21.7 Å². The molecule has 7 nitrogen and oxygen atoms in total. The summed E-state index contributed by atoms with van der Waals surface area (Å²) < 4.78 is 19.2. The van der Waals surface area contributed by atoms with E-state index >= 15 is 0 Å². The number of carbonyl (C=O) groups excluding carboxylic acids is 1. The SMILES string of the molecule is CC(=NOC(C)(C)C)Oc1ccc[n+]([O-])c1C(=O)c1cc(Br)c(F)cc1O. The predicted molar refractivity (Wildman–Crippen MR) is 99.2 cm³/mol. The number of carbonyl (C=O) groups is 1. The van der Waals surface area contributed by atoms with E-state index < -0.39 is 28.6 Å². The summed E-state index contributed by atoms with van der Waals surface area (Å²) in [4.78, 5) is 18.0. The molecule has 0 aliphatic carbocycles. The number of aromatic nitrogens is 1. The molecule has 1 heterocycles. The standard InChI is InChI=1S/C18H18BrFN2O5/c1-10(21-27-18(2,3)4)26-15-6-5-7-22(25)16(15)17(24)11-8-12(19)13(20)9-14(11)23/h5-9,23H,1-4H3. The molecule has 27 heavy (non-hydrogen) atoms. The number of oxime groups is 1. The van der Waals surface area contributed by atoms with Crippen LogP contribution in [0.4, 0.5) is 4.39 Å². The fourth-order valence-corrected chi connectivity index (χ4v) is 2.33. The van der Waals surface area contributed by atoms with Gasteiger partial charge in [0.15, 0.2) is 6.20 Å². The van der Waals surface area contributed by atoms with E-state index in [2.05, 4.69) is 21.1 Å². The van der Waals surface area contributed by atoms with Gasteiger partial charge in [0.1, 0.15) is 17.2 Å². The number of phenols is 1. The molecule has 1 aromatic heterocycles. The molecule has 9 heteroatoms. The van der Waals surface area contributed by atoms with Crippen molar-refractivity contribution in [3.05, 3.63) is 57.2 Å². The van der Waals surface area contributed by atoms with Crippen molar-refractivity contribution in [3.63, 3.8) is 0 Å². The fourth-order valence-electron chi connectivity index (χ4n) is 1.99. The van der Waals surface area contributed by atoms with Gasteiger partial charge in [0, 0.05) is 19.1 Å². The third kappa shape index (κ3) is 5.16. The number of phenolic OH excluding ortho intramolecular Hbond substituents is 1. The van der Waals surface area contributed by atoms with Gasteiger partial charge in [0.25, 0.3) is 5.78 Å². The van der Waals surface area contributed by atoms with Crippen molar-refractivity contribution in [2.75, 3.05) is 0 Å². The Labute approximate surface area is 163 Å². The number of rotatable bonds is 4. The second kappa shape index (κ2) is 7.91. The Morgan fingerprint density at radius 1 is 1.37 bits per heavy atom. The molecule has 144 valence electrons. The van der Waals surface area contributed by atoms with Crippen LogP contribution in [0.2, 0.25) is 0 Å². The van der Waals surface area contributed by atoms with Gasteiger partial charge in [-0.1, -0.05) is 5.16 Å². The fraction of sp³-hybridized carbons (Fsp3) is 0.278. The first-order chi connectivity index (χ1) is 12.5. The molecular formula is C18H18BrFN2O5. The van der Waals surface area contributed by atoms with Gasteiger partial charge in [-0.25, -0.2) is 4.39 Å². The molecule has 2 rings (SSSR count).